The van der Waals surface area contributed by atoms with Gasteiger partial charge in [-0.2, -0.15) is 0 Å². The first-order valence-corrected chi connectivity index (χ1v) is 16.1. The molecule has 1 unspecified atom stereocenters. The summed E-state index contributed by atoms with van der Waals surface area (Å²) in [6.07, 6.45) is 5.03. The van der Waals surface area contributed by atoms with Gasteiger partial charge in [-0.25, -0.2) is 4.79 Å². The van der Waals surface area contributed by atoms with Crippen LogP contribution in [0.4, 0.5) is 4.79 Å². The SMILES string of the molecule is CC(C)(C)OC(=O)N([C@H]1CCCN(C(=O)C(c2ccc(OCc3ccccc3)c(Cl)c2)C2(O)CCCCC2)C1)C(C)(C)C. The molecule has 2 aromatic carbocycles. The summed E-state index contributed by atoms with van der Waals surface area (Å²) in [6, 6.07) is 15.1. The van der Waals surface area contributed by atoms with Gasteiger partial charge in [0, 0.05) is 18.6 Å². The highest BCUT2D eigenvalue weighted by atomic mass is 35.5. The molecule has 2 aromatic rings. The minimum atomic E-state index is -1.17. The molecule has 8 heteroatoms. The van der Waals surface area contributed by atoms with Crippen LogP contribution in [0, 0.1) is 0 Å². The van der Waals surface area contributed by atoms with E-state index in [0.29, 0.717) is 48.9 Å². The maximum atomic E-state index is 14.5. The molecule has 2 fully saturated rings. The smallest absolute Gasteiger partial charge is 0.411 e. The van der Waals surface area contributed by atoms with Crippen LogP contribution in [0.1, 0.15) is 104 Å². The second-order valence-corrected chi connectivity index (χ2v) is 14.6. The highest BCUT2D eigenvalue weighted by Crippen LogP contribution is 2.43. The van der Waals surface area contributed by atoms with Crippen molar-refractivity contribution in [3.8, 4) is 5.75 Å². The normalized spacial score (nSPS) is 19.8. The number of hydrogen-bond donors (Lipinski definition) is 1. The van der Waals surface area contributed by atoms with Crippen molar-refractivity contribution in [2.75, 3.05) is 13.1 Å². The third-order valence-electron chi connectivity index (χ3n) is 8.42. The summed E-state index contributed by atoms with van der Waals surface area (Å²) >= 11 is 6.73. The molecule has 2 aliphatic rings. The van der Waals surface area contributed by atoms with E-state index in [0.717, 1.165) is 37.7 Å². The largest absolute Gasteiger partial charge is 0.487 e. The number of piperidine rings is 1. The van der Waals surface area contributed by atoms with Crippen LogP contribution in [0.5, 0.6) is 5.75 Å². The van der Waals surface area contributed by atoms with Crippen molar-refractivity contribution in [2.45, 2.75) is 122 Å². The number of carbonyl (C=O) groups is 2. The Morgan fingerprint density at radius 2 is 1.70 bits per heavy atom. The Bertz CT molecular complexity index is 1250. The number of halogens is 1. The molecule has 0 spiro atoms. The van der Waals surface area contributed by atoms with Gasteiger partial charge in [-0.15, -0.1) is 0 Å². The fraction of sp³-hybridized carbons (Fsp3) is 0.600. The van der Waals surface area contributed by atoms with E-state index >= 15 is 0 Å². The van der Waals surface area contributed by atoms with Crippen LogP contribution in [0.15, 0.2) is 48.5 Å². The van der Waals surface area contributed by atoms with Crippen LogP contribution in [-0.2, 0) is 16.1 Å². The summed E-state index contributed by atoms with van der Waals surface area (Å²) in [7, 11) is 0. The Morgan fingerprint density at radius 3 is 2.30 bits per heavy atom. The van der Waals surface area contributed by atoms with Crippen molar-refractivity contribution in [3.05, 3.63) is 64.7 Å². The highest BCUT2D eigenvalue weighted by molar-refractivity contribution is 6.32. The zero-order valence-corrected chi connectivity index (χ0v) is 27.5. The Labute approximate surface area is 262 Å². The first-order valence-electron chi connectivity index (χ1n) is 15.7. The molecule has 1 heterocycles. The molecule has 7 nitrogen and oxygen atoms in total. The molecule has 1 saturated carbocycles. The van der Waals surface area contributed by atoms with Gasteiger partial charge in [0.1, 0.15) is 18.0 Å². The van der Waals surface area contributed by atoms with E-state index in [2.05, 4.69) is 0 Å². The Morgan fingerprint density at radius 1 is 1.02 bits per heavy atom. The van der Waals surface area contributed by atoms with Crippen LogP contribution in [0.25, 0.3) is 0 Å². The zero-order chi connectivity index (χ0) is 31.4. The number of amides is 2. The fourth-order valence-corrected chi connectivity index (χ4v) is 6.76. The van der Waals surface area contributed by atoms with Gasteiger partial charge in [-0.3, -0.25) is 9.69 Å². The topological polar surface area (TPSA) is 79.3 Å². The van der Waals surface area contributed by atoms with E-state index in [4.69, 9.17) is 21.1 Å². The molecule has 2 atom stereocenters. The van der Waals surface area contributed by atoms with Gasteiger partial charge in [0.15, 0.2) is 0 Å². The number of likely N-dealkylation sites (tertiary alicyclic amines) is 1. The summed E-state index contributed by atoms with van der Waals surface area (Å²) in [4.78, 5) is 31.5. The number of hydrogen-bond acceptors (Lipinski definition) is 5. The summed E-state index contributed by atoms with van der Waals surface area (Å²) in [5, 5.41) is 12.4. The average Bonchev–Trinajstić information content (AvgIpc) is 2.92. The van der Waals surface area contributed by atoms with E-state index in [-0.39, 0.29) is 18.0 Å². The third kappa shape index (κ3) is 8.45. The Balaban J connectivity index is 1.60. The van der Waals surface area contributed by atoms with E-state index in [1.54, 1.807) is 17.0 Å². The Hall–Kier alpha value is -2.77. The molecule has 1 aliphatic carbocycles. The predicted molar refractivity (Wildman–Crippen MR) is 170 cm³/mol. The van der Waals surface area contributed by atoms with Crippen LogP contribution in [0.3, 0.4) is 0 Å². The second kappa shape index (κ2) is 13.5. The molecule has 1 aliphatic heterocycles. The van der Waals surface area contributed by atoms with Gasteiger partial charge < -0.3 is 19.5 Å². The fourth-order valence-electron chi connectivity index (χ4n) is 6.51. The lowest BCUT2D eigenvalue weighted by molar-refractivity contribution is -0.144. The second-order valence-electron chi connectivity index (χ2n) is 14.2. The molecule has 4 rings (SSSR count). The number of benzene rings is 2. The van der Waals surface area contributed by atoms with Crippen molar-refractivity contribution >= 4 is 23.6 Å². The minimum Gasteiger partial charge on any atom is -0.487 e. The molecule has 1 N–H and O–H groups in total. The zero-order valence-electron chi connectivity index (χ0n) is 26.7. The molecular formula is C35H49ClN2O5. The number of aliphatic hydroxyl groups is 1. The first-order chi connectivity index (χ1) is 20.2. The van der Waals surface area contributed by atoms with E-state index < -0.39 is 22.7 Å². The molecule has 2 amide bonds. The van der Waals surface area contributed by atoms with Gasteiger partial charge in [-0.05, 0) is 90.5 Å². The van der Waals surface area contributed by atoms with Gasteiger partial charge in [0.05, 0.1) is 22.6 Å². The van der Waals surface area contributed by atoms with Gasteiger partial charge in [0.25, 0.3) is 0 Å². The van der Waals surface area contributed by atoms with Crippen molar-refractivity contribution < 1.29 is 24.2 Å². The van der Waals surface area contributed by atoms with Crippen LogP contribution in [-0.4, -0.2) is 62.8 Å². The summed E-state index contributed by atoms with van der Waals surface area (Å²) in [5.41, 5.74) is -0.581. The lowest BCUT2D eigenvalue weighted by Gasteiger charge is -2.47. The Kier molecular flexibility index (Phi) is 10.4. The maximum absolute atomic E-state index is 14.5. The summed E-state index contributed by atoms with van der Waals surface area (Å²) in [5.74, 6) is -0.356. The monoisotopic (exact) mass is 612 g/mol. The quantitative estimate of drug-likeness (QED) is 0.346. The van der Waals surface area contributed by atoms with E-state index in [1.807, 2.05) is 82.8 Å². The molecule has 1 saturated heterocycles. The minimum absolute atomic E-state index is 0.124. The predicted octanol–water partition coefficient (Wildman–Crippen LogP) is 7.72. The first kappa shape index (κ1) is 33.1. The van der Waals surface area contributed by atoms with E-state index in [1.165, 1.54) is 0 Å². The van der Waals surface area contributed by atoms with Crippen molar-refractivity contribution in [1.82, 2.24) is 9.80 Å². The van der Waals surface area contributed by atoms with Gasteiger partial charge in [-0.1, -0.05) is 67.3 Å². The molecule has 0 aromatic heterocycles. The lowest BCUT2D eigenvalue weighted by Crippen LogP contribution is -2.59. The molecule has 43 heavy (non-hydrogen) atoms. The van der Waals surface area contributed by atoms with Gasteiger partial charge >= 0.3 is 6.09 Å². The maximum Gasteiger partial charge on any atom is 0.411 e. The van der Waals surface area contributed by atoms with Crippen molar-refractivity contribution in [3.63, 3.8) is 0 Å². The van der Waals surface area contributed by atoms with Crippen molar-refractivity contribution in [2.24, 2.45) is 0 Å². The molecular weight excluding hydrogens is 564 g/mol. The molecule has 0 radical (unpaired) electrons. The van der Waals surface area contributed by atoms with Crippen LogP contribution >= 0.6 is 11.6 Å². The summed E-state index contributed by atoms with van der Waals surface area (Å²) < 4.78 is 11.8. The van der Waals surface area contributed by atoms with Crippen LogP contribution in [0.2, 0.25) is 5.02 Å². The summed E-state index contributed by atoms with van der Waals surface area (Å²) in [6.45, 7) is 12.9. The number of ether oxygens (including phenoxy) is 2. The standard InChI is InChI=1S/C35H49ClN2O5/c1-33(2,3)38(32(40)43-34(4,5)6)27-16-13-21-37(23-27)31(39)30(35(41)19-11-8-12-20-35)26-17-18-29(28(36)22-26)42-24-25-14-9-7-10-15-25/h7,9-10,14-15,17-18,22,27,30,41H,8,11-13,16,19-21,23-24H2,1-6H3/t27-,30?/m0/s1. The van der Waals surface area contributed by atoms with Crippen molar-refractivity contribution in [1.29, 1.82) is 0 Å². The number of nitrogens with zero attached hydrogens (tertiary/aromatic N) is 2. The number of carbonyl (C=O) groups excluding carboxylic acids is 2. The number of rotatable bonds is 7. The third-order valence-corrected chi connectivity index (χ3v) is 8.71. The van der Waals surface area contributed by atoms with E-state index in [9.17, 15) is 14.7 Å². The van der Waals surface area contributed by atoms with Gasteiger partial charge in [0.2, 0.25) is 5.91 Å². The average molecular weight is 613 g/mol. The highest BCUT2D eigenvalue weighted by Gasteiger charge is 2.47. The molecule has 236 valence electrons. The lowest BCUT2D eigenvalue weighted by atomic mass is 9.72. The molecule has 0 bridgehead atoms. The van der Waals surface area contributed by atoms with Crippen LogP contribution < -0.4 is 4.74 Å².